The van der Waals surface area contributed by atoms with Crippen molar-refractivity contribution in [2.45, 2.75) is 13.0 Å². The molecular weight excluding hydrogens is 1140 g/mol. The van der Waals surface area contributed by atoms with E-state index in [1.807, 2.05) is 0 Å². The maximum atomic E-state index is 7.61. The van der Waals surface area contributed by atoms with Crippen molar-refractivity contribution in [3.8, 4) is 72.7 Å². The number of hydrogen-bond acceptors (Lipinski definition) is 1. The molecule has 6 heteroatoms. The van der Waals surface area contributed by atoms with Crippen molar-refractivity contribution in [2.24, 2.45) is 15.7 Å². The van der Waals surface area contributed by atoms with Crippen LogP contribution in [0.2, 0.25) is 0 Å². The monoisotopic (exact) mass is 1200 g/mol. The highest BCUT2D eigenvalue weighted by Crippen LogP contribution is 2.43. The lowest BCUT2D eigenvalue weighted by atomic mass is 9.95. The van der Waals surface area contributed by atoms with Gasteiger partial charge in [0, 0.05) is 60.1 Å². The summed E-state index contributed by atoms with van der Waals surface area (Å²) in [6.07, 6.45) is 0. The summed E-state index contributed by atoms with van der Waals surface area (Å²) >= 11 is 0. The molecule has 3 heterocycles. The maximum Gasteiger partial charge on any atom is 0.157 e. The molecule has 0 aliphatic carbocycles. The van der Waals surface area contributed by atoms with Crippen molar-refractivity contribution in [2.75, 3.05) is 0 Å². The van der Waals surface area contributed by atoms with Crippen molar-refractivity contribution in [3.63, 3.8) is 0 Å². The summed E-state index contributed by atoms with van der Waals surface area (Å²) < 4.78 is 7.21. The number of nitrogens with two attached hydrogens (primary N) is 1. The van der Waals surface area contributed by atoms with Gasteiger partial charge in [-0.3, -0.25) is 4.99 Å². The molecule has 0 radical (unpaired) electrons. The van der Waals surface area contributed by atoms with E-state index in [1.54, 1.807) is 0 Å². The van der Waals surface area contributed by atoms with Gasteiger partial charge in [-0.05, 0) is 136 Å². The van der Waals surface area contributed by atoms with Crippen LogP contribution < -0.4 is 5.73 Å². The highest BCUT2D eigenvalue weighted by atomic mass is 15.0. The third-order valence-electron chi connectivity index (χ3n) is 18.7. The Bertz CT molecular complexity index is 5670. The SMILES string of the molecule is CC(N=C(N=C(N)c1ccc(-c2ccccc2)c(-n2c3ccccc3c3ccccc32)c1)c1ccc(-n2c3ccccc3c3ccccc32)c(-c2cccc(-c3ccccc3)c2)c1)c1cccc(-c2cc(-c3ccccc3)ccc2-n2c3ccccc3c3ccccc32)c1. The van der Waals surface area contributed by atoms with Gasteiger partial charge >= 0.3 is 0 Å². The Morgan fingerprint density at radius 2 is 0.649 bits per heavy atom. The zero-order valence-corrected chi connectivity index (χ0v) is 51.7. The van der Waals surface area contributed by atoms with Crippen LogP contribution in [0, 0.1) is 0 Å². The predicted octanol–water partition coefficient (Wildman–Crippen LogP) is 22.2. The van der Waals surface area contributed by atoms with Crippen LogP contribution in [0.1, 0.15) is 29.7 Å². The molecule has 444 valence electrons. The molecule has 0 bridgehead atoms. The quantitative estimate of drug-likeness (QED) is 0.0961. The molecule has 0 aliphatic rings. The van der Waals surface area contributed by atoms with Crippen LogP contribution in [-0.2, 0) is 0 Å². The summed E-state index contributed by atoms with van der Waals surface area (Å²) in [6, 6.07) is 121. The molecule has 17 aromatic rings. The molecule has 0 fully saturated rings. The predicted molar refractivity (Wildman–Crippen MR) is 395 cm³/mol. The summed E-state index contributed by atoms with van der Waals surface area (Å²) in [7, 11) is 0. The maximum absolute atomic E-state index is 7.61. The van der Waals surface area contributed by atoms with Crippen LogP contribution >= 0.6 is 0 Å². The normalized spacial score (nSPS) is 12.4. The topological polar surface area (TPSA) is 65.5 Å². The Morgan fingerprint density at radius 3 is 1.15 bits per heavy atom. The van der Waals surface area contributed by atoms with Crippen molar-refractivity contribution < 1.29 is 0 Å². The second-order valence-electron chi connectivity index (χ2n) is 24.2. The number of fused-ring (bicyclic) bond motifs is 9. The molecule has 0 amide bonds. The minimum atomic E-state index is -0.393. The Hall–Kier alpha value is -12.4. The molecular formula is C88H62N6. The van der Waals surface area contributed by atoms with Crippen LogP contribution in [0.5, 0.6) is 0 Å². The largest absolute Gasteiger partial charge is 0.383 e. The van der Waals surface area contributed by atoms with Gasteiger partial charge in [-0.15, -0.1) is 0 Å². The molecule has 1 unspecified atom stereocenters. The van der Waals surface area contributed by atoms with Crippen LogP contribution in [0.3, 0.4) is 0 Å². The molecule has 0 saturated carbocycles. The number of aliphatic imine (C=N–C) groups is 2. The molecule has 3 aromatic heterocycles. The molecule has 2 N–H and O–H groups in total. The summed E-state index contributed by atoms with van der Waals surface area (Å²) in [5.41, 5.74) is 31.1. The number of amidine groups is 2. The third kappa shape index (κ3) is 9.75. The summed E-state index contributed by atoms with van der Waals surface area (Å²) in [6.45, 7) is 2.17. The molecule has 6 nitrogen and oxygen atoms in total. The van der Waals surface area contributed by atoms with Gasteiger partial charge in [0.15, 0.2) is 5.84 Å². The first-order valence-electron chi connectivity index (χ1n) is 32.1. The van der Waals surface area contributed by atoms with Gasteiger partial charge in [0.05, 0.1) is 56.2 Å². The molecule has 0 aliphatic heterocycles. The second kappa shape index (κ2) is 23.5. The van der Waals surface area contributed by atoms with Crippen LogP contribution in [0.15, 0.2) is 350 Å². The van der Waals surface area contributed by atoms with Crippen LogP contribution in [-0.4, -0.2) is 25.4 Å². The van der Waals surface area contributed by atoms with Gasteiger partial charge < -0.3 is 19.4 Å². The first-order chi connectivity index (χ1) is 46.5. The lowest BCUT2D eigenvalue weighted by Gasteiger charge is -2.19. The first kappa shape index (κ1) is 55.7. The second-order valence-corrected chi connectivity index (χ2v) is 24.2. The van der Waals surface area contributed by atoms with Crippen molar-refractivity contribution in [3.05, 3.63) is 356 Å². The van der Waals surface area contributed by atoms with E-state index >= 15 is 0 Å². The van der Waals surface area contributed by atoms with Gasteiger partial charge in [-0.2, -0.15) is 0 Å². The van der Waals surface area contributed by atoms with E-state index in [4.69, 9.17) is 15.7 Å². The van der Waals surface area contributed by atoms with Gasteiger partial charge in [0.2, 0.25) is 0 Å². The van der Waals surface area contributed by atoms with E-state index < -0.39 is 6.04 Å². The van der Waals surface area contributed by atoms with Crippen molar-refractivity contribution in [1.82, 2.24) is 13.7 Å². The number of benzene rings is 14. The average molecular weight is 1200 g/mol. The Labute approximate surface area is 545 Å². The summed E-state index contributed by atoms with van der Waals surface area (Å²) in [4.78, 5) is 11.4. The molecule has 0 saturated heterocycles. The number of rotatable bonds is 12. The Balaban J connectivity index is 0.877. The molecule has 17 rings (SSSR count). The fourth-order valence-corrected chi connectivity index (χ4v) is 14.2. The fraction of sp³-hybridized carbons (Fsp3) is 0.0227. The highest BCUT2D eigenvalue weighted by molar-refractivity contribution is 6.15. The fourth-order valence-electron chi connectivity index (χ4n) is 14.2. The zero-order chi connectivity index (χ0) is 62.6. The van der Waals surface area contributed by atoms with E-state index in [0.717, 1.165) is 122 Å². The number of hydrogen-bond donors (Lipinski definition) is 1. The summed E-state index contributed by atoms with van der Waals surface area (Å²) in [5.74, 6) is 0.848. The minimum Gasteiger partial charge on any atom is -0.383 e. The van der Waals surface area contributed by atoms with Gasteiger partial charge in [-0.25, -0.2) is 4.99 Å². The number of aromatic nitrogens is 3. The number of para-hydroxylation sites is 6. The van der Waals surface area contributed by atoms with Gasteiger partial charge in [0.25, 0.3) is 0 Å². The standard InChI is InChI=1S/C88H62N6/c1-58(62-31-23-33-65(53-62)76-55-64(60-27-7-3-8-28-60)48-51-84(76)92-78-41-17-11-35-70(78)71-36-12-18-42-79(71)92)90-88(91-87(89)67-47-50-69(61-29-9-4-10-30-61)86(57-67)94-82-45-21-15-39-74(82)75-40-16-22-46-83(75)94)68-49-52-85(93-80-43-19-13-37-72(80)73-38-14-20-44-81(73)93)77(56-68)66-34-24-32-63(54-66)59-25-5-2-6-26-59/h2-58H,1H3,(H2,89,90,91). The lowest BCUT2D eigenvalue weighted by molar-refractivity contribution is 0.819. The molecule has 14 aromatic carbocycles. The first-order valence-corrected chi connectivity index (χ1v) is 32.1. The van der Waals surface area contributed by atoms with Crippen LogP contribution in [0.4, 0.5) is 0 Å². The van der Waals surface area contributed by atoms with E-state index in [2.05, 4.69) is 360 Å². The average Bonchev–Trinajstić information content (AvgIpc) is 1.61. The van der Waals surface area contributed by atoms with E-state index in [0.29, 0.717) is 11.7 Å². The molecule has 0 spiro atoms. The molecule has 1 atom stereocenters. The lowest BCUT2D eigenvalue weighted by Crippen LogP contribution is -2.17. The van der Waals surface area contributed by atoms with Gasteiger partial charge in [-0.1, -0.05) is 255 Å². The van der Waals surface area contributed by atoms with E-state index in [-0.39, 0.29) is 0 Å². The highest BCUT2D eigenvalue weighted by Gasteiger charge is 2.23. The third-order valence-corrected chi connectivity index (χ3v) is 18.7. The van der Waals surface area contributed by atoms with Crippen molar-refractivity contribution >= 4 is 77.1 Å². The zero-order valence-electron chi connectivity index (χ0n) is 51.7. The molecule has 94 heavy (non-hydrogen) atoms. The smallest absolute Gasteiger partial charge is 0.157 e. The van der Waals surface area contributed by atoms with Crippen molar-refractivity contribution in [1.29, 1.82) is 0 Å². The minimum absolute atomic E-state index is 0.342. The summed E-state index contributed by atoms with van der Waals surface area (Å²) in [5, 5.41) is 7.16. The van der Waals surface area contributed by atoms with Crippen LogP contribution in [0.25, 0.3) is 138 Å². The Morgan fingerprint density at radius 1 is 0.277 bits per heavy atom. The Kier molecular flexibility index (Phi) is 13.9. The van der Waals surface area contributed by atoms with E-state index in [9.17, 15) is 0 Å². The van der Waals surface area contributed by atoms with Gasteiger partial charge in [0.1, 0.15) is 5.84 Å². The number of nitrogens with zero attached hydrogens (tertiary/aromatic N) is 5. The van der Waals surface area contributed by atoms with E-state index in [1.165, 1.54) is 32.3 Å².